The molecule has 7 heteroatoms. The number of nitrogens with zero attached hydrogens (tertiary/aromatic N) is 2. The maximum absolute atomic E-state index is 13.7. The molecule has 2 aliphatic rings. The average molecular weight is 552 g/mol. The molecule has 6 nitrogen and oxygen atoms in total. The lowest BCUT2D eigenvalue weighted by molar-refractivity contribution is 0.414. The summed E-state index contributed by atoms with van der Waals surface area (Å²) in [6.07, 6.45) is 2.90. The topological polar surface area (TPSA) is 69.1 Å². The van der Waals surface area contributed by atoms with E-state index in [1.165, 1.54) is 0 Å². The maximum atomic E-state index is 13.7. The van der Waals surface area contributed by atoms with Crippen LogP contribution in [0.15, 0.2) is 89.9 Å². The largest absolute Gasteiger partial charge is 0.543 e. The number of hydrogen-bond donors (Lipinski definition) is 1. The van der Waals surface area contributed by atoms with Crippen molar-refractivity contribution in [3.63, 3.8) is 0 Å². The molecule has 0 spiro atoms. The molecular formula is C33H37N3O3Si. The number of aromatic amines is 1. The zero-order valence-corrected chi connectivity index (χ0v) is 25.1. The predicted molar refractivity (Wildman–Crippen MR) is 164 cm³/mol. The van der Waals surface area contributed by atoms with Crippen molar-refractivity contribution in [3.8, 4) is 28.6 Å². The quantitative estimate of drug-likeness (QED) is 0.206. The summed E-state index contributed by atoms with van der Waals surface area (Å²) >= 11 is 0. The lowest BCUT2D eigenvalue weighted by Crippen LogP contribution is -2.43. The van der Waals surface area contributed by atoms with Crippen LogP contribution in [0.5, 0.6) is 11.5 Å². The Kier molecular flexibility index (Phi) is 7.42. The van der Waals surface area contributed by atoms with E-state index in [0.29, 0.717) is 24.4 Å². The molecule has 0 aromatic heterocycles. The van der Waals surface area contributed by atoms with Crippen molar-refractivity contribution in [1.29, 1.82) is 0 Å². The molecule has 3 aromatic carbocycles. The van der Waals surface area contributed by atoms with Crippen LogP contribution in [-0.4, -0.2) is 30.0 Å². The number of methoxy groups -OCH3 is 1. The third-order valence-electron chi connectivity index (χ3n) is 7.80. The Bertz CT molecular complexity index is 1650. The van der Waals surface area contributed by atoms with Crippen LogP contribution in [0.1, 0.15) is 43.3 Å². The molecule has 5 rings (SSSR count). The number of ether oxygens (including phenoxy) is 1. The fraction of sp³-hybridized carbons (Fsp3) is 0.273. The number of benzene rings is 3. The van der Waals surface area contributed by atoms with Crippen molar-refractivity contribution < 1.29 is 9.16 Å². The summed E-state index contributed by atoms with van der Waals surface area (Å²) in [7, 11) is -0.368. The molecule has 2 aliphatic heterocycles. The van der Waals surface area contributed by atoms with Gasteiger partial charge in [-0.15, -0.1) is 0 Å². The molecule has 40 heavy (non-hydrogen) atoms. The Morgan fingerprint density at radius 3 is 2.30 bits per heavy atom. The average Bonchev–Trinajstić information content (AvgIpc) is 3.24. The van der Waals surface area contributed by atoms with Gasteiger partial charge in [-0.2, -0.15) is 0 Å². The van der Waals surface area contributed by atoms with E-state index in [2.05, 4.69) is 57.0 Å². The van der Waals surface area contributed by atoms with Crippen LogP contribution in [0.3, 0.4) is 0 Å². The summed E-state index contributed by atoms with van der Waals surface area (Å²) in [5.74, 6) is 2.24. The minimum absolute atomic E-state index is 0.0876. The number of aromatic nitrogens is 3. The van der Waals surface area contributed by atoms with Crippen molar-refractivity contribution in [2.75, 3.05) is 7.11 Å². The van der Waals surface area contributed by atoms with Gasteiger partial charge < -0.3 is 14.1 Å². The van der Waals surface area contributed by atoms with Crippen molar-refractivity contribution >= 4 is 8.32 Å². The highest BCUT2D eigenvalue weighted by atomic mass is 28.4. The van der Waals surface area contributed by atoms with Gasteiger partial charge in [0.05, 0.1) is 18.5 Å². The maximum Gasteiger partial charge on any atom is 0.278 e. The van der Waals surface area contributed by atoms with Crippen molar-refractivity contribution in [2.24, 2.45) is 0 Å². The number of H-pyrrole nitrogens is 1. The minimum Gasteiger partial charge on any atom is -0.543 e. The number of hydrogen-bond acceptors (Lipinski definition) is 4. The van der Waals surface area contributed by atoms with Crippen molar-refractivity contribution in [1.82, 2.24) is 14.5 Å². The molecule has 0 amide bonds. The molecule has 3 aromatic rings. The third-order valence-corrected chi connectivity index (χ3v) is 12.2. The van der Waals surface area contributed by atoms with Crippen LogP contribution in [0.25, 0.3) is 17.1 Å². The second-order valence-corrected chi connectivity index (χ2v) is 16.5. The molecule has 0 radical (unpaired) electrons. The third kappa shape index (κ3) is 5.75. The van der Waals surface area contributed by atoms with Crippen LogP contribution in [0.2, 0.25) is 18.1 Å². The number of nitrogens with one attached hydrogen (secondary N) is 1. The highest BCUT2D eigenvalue weighted by Crippen LogP contribution is 2.38. The van der Waals surface area contributed by atoms with E-state index in [4.69, 9.17) is 14.1 Å². The second-order valence-electron chi connectivity index (χ2n) is 11.8. The van der Waals surface area contributed by atoms with E-state index in [9.17, 15) is 4.79 Å². The van der Waals surface area contributed by atoms with Gasteiger partial charge in [-0.1, -0.05) is 75.4 Å². The normalized spacial score (nSPS) is 12.1. The molecule has 0 atom stereocenters. The lowest BCUT2D eigenvalue weighted by atomic mass is 10.1. The first kappa shape index (κ1) is 27.5. The van der Waals surface area contributed by atoms with Gasteiger partial charge in [-0.25, -0.2) is 4.98 Å². The summed E-state index contributed by atoms with van der Waals surface area (Å²) in [5, 5.41) is 0.0876. The van der Waals surface area contributed by atoms with E-state index in [1.54, 1.807) is 11.7 Å². The SMILES string of the molecule is COc1cccc(Cc2nc3c(Cc4ccccc4)[nH]c(-c4cccc(O[Si](C)(C)C(C)(C)C)c4)cn-3c2=O)c1. The van der Waals surface area contributed by atoms with Crippen LogP contribution in [0, 0.1) is 0 Å². The lowest BCUT2D eigenvalue weighted by Gasteiger charge is -2.36. The monoisotopic (exact) mass is 551 g/mol. The molecule has 0 bridgehead atoms. The van der Waals surface area contributed by atoms with E-state index >= 15 is 0 Å². The van der Waals surface area contributed by atoms with Crippen LogP contribution < -0.4 is 14.7 Å². The summed E-state index contributed by atoms with van der Waals surface area (Å²) in [5.41, 5.74) is 5.17. The number of rotatable bonds is 8. The van der Waals surface area contributed by atoms with E-state index in [0.717, 1.165) is 39.6 Å². The Balaban J connectivity index is 1.59. The smallest absolute Gasteiger partial charge is 0.278 e. The van der Waals surface area contributed by atoms with Crippen molar-refractivity contribution in [3.05, 3.63) is 118 Å². The number of fused-ring (bicyclic) bond motifs is 1. The highest BCUT2D eigenvalue weighted by molar-refractivity contribution is 6.74. The molecule has 0 saturated carbocycles. The standard InChI is InChI=1S/C33H37N3O3Si/c1-33(2,3)40(5,6)39-27-17-11-15-25(21-27)30-22-36-31(28(34-30)19-23-12-8-7-9-13-23)35-29(32(36)37)20-24-14-10-16-26(18-24)38-4/h7-18,21-22,34H,19-20H2,1-6H3. The van der Waals surface area contributed by atoms with E-state index in [1.807, 2.05) is 66.9 Å². The second kappa shape index (κ2) is 10.8. The van der Waals surface area contributed by atoms with Crippen LogP contribution in [0.4, 0.5) is 0 Å². The Morgan fingerprint density at radius 1 is 0.875 bits per heavy atom. The first-order valence-electron chi connectivity index (χ1n) is 13.6. The van der Waals surface area contributed by atoms with Gasteiger partial charge in [0.15, 0.2) is 5.82 Å². The Hall–Kier alpha value is -4.10. The molecule has 0 saturated heterocycles. The van der Waals surface area contributed by atoms with E-state index < -0.39 is 8.32 Å². The fourth-order valence-electron chi connectivity index (χ4n) is 4.51. The summed E-state index contributed by atoms with van der Waals surface area (Å²) in [6, 6.07) is 26.1. The van der Waals surface area contributed by atoms with E-state index in [-0.39, 0.29) is 10.6 Å². The molecule has 0 aliphatic carbocycles. The summed E-state index contributed by atoms with van der Waals surface area (Å²) in [4.78, 5) is 22.1. The zero-order valence-electron chi connectivity index (χ0n) is 24.1. The summed E-state index contributed by atoms with van der Waals surface area (Å²) in [6.45, 7) is 11.2. The van der Waals surface area contributed by atoms with Crippen LogP contribution >= 0.6 is 0 Å². The van der Waals surface area contributed by atoms with Gasteiger partial charge in [-0.05, 0) is 53.5 Å². The van der Waals surface area contributed by atoms with Gasteiger partial charge in [-0.3, -0.25) is 9.36 Å². The molecule has 0 unspecified atom stereocenters. The molecule has 0 fully saturated rings. The predicted octanol–water partition coefficient (Wildman–Crippen LogP) is 7.24. The molecule has 206 valence electrons. The van der Waals surface area contributed by atoms with Crippen molar-refractivity contribution in [2.45, 2.75) is 51.7 Å². The van der Waals surface area contributed by atoms with Gasteiger partial charge >= 0.3 is 0 Å². The Labute approximate surface area is 237 Å². The first-order chi connectivity index (χ1) is 19.0. The van der Waals surface area contributed by atoms with Gasteiger partial charge in [0, 0.05) is 24.6 Å². The highest BCUT2D eigenvalue weighted by Gasteiger charge is 2.39. The minimum atomic E-state index is -2.01. The first-order valence-corrected chi connectivity index (χ1v) is 16.5. The molecular weight excluding hydrogens is 514 g/mol. The van der Waals surface area contributed by atoms with Crippen LogP contribution in [-0.2, 0) is 12.8 Å². The van der Waals surface area contributed by atoms with Gasteiger partial charge in [0.2, 0.25) is 8.32 Å². The molecule has 2 heterocycles. The molecule has 1 N–H and O–H groups in total. The fourth-order valence-corrected chi connectivity index (χ4v) is 5.54. The number of imidazole rings is 1. The van der Waals surface area contributed by atoms with Gasteiger partial charge in [0.25, 0.3) is 5.56 Å². The van der Waals surface area contributed by atoms with Gasteiger partial charge in [0.1, 0.15) is 17.2 Å². The summed E-state index contributed by atoms with van der Waals surface area (Å²) < 4.78 is 13.6. The zero-order chi connectivity index (χ0) is 28.5. The Morgan fingerprint density at radius 2 is 1.57 bits per heavy atom.